The van der Waals surface area contributed by atoms with Gasteiger partial charge in [-0.15, -0.1) is 11.3 Å². The zero-order chi connectivity index (χ0) is 18.5. The summed E-state index contributed by atoms with van der Waals surface area (Å²) >= 11 is 1.59. The number of carbonyl (C=O) groups excluding carboxylic acids is 1. The topological polar surface area (TPSA) is 68.2 Å². The summed E-state index contributed by atoms with van der Waals surface area (Å²) in [5, 5.41) is 18.0. The second-order valence-corrected chi connectivity index (χ2v) is 7.84. The molecule has 5 nitrogen and oxygen atoms in total. The molecule has 3 heterocycles. The number of hydrogen-bond acceptors (Lipinski definition) is 5. The van der Waals surface area contributed by atoms with Crippen molar-refractivity contribution in [1.29, 1.82) is 5.26 Å². The van der Waals surface area contributed by atoms with E-state index in [1.54, 1.807) is 28.4 Å². The molecular weight excluding hydrogens is 351 g/mol. The quantitative estimate of drug-likeness (QED) is 0.851. The van der Waals surface area contributed by atoms with Crippen LogP contribution in [0.3, 0.4) is 0 Å². The zero-order valence-electron chi connectivity index (χ0n) is 14.5. The van der Waals surface area contributed by atoms with Crippen LogP contribution < -0.4 is 10.6 Å². The number of carbonyl (C=O) groups is 1. The first-order valence-electron chi connectivity index (χ1n) is 8.50. The molecule has 2 N–H and O–H groups in total. The Bertz CT molecular complexity index is 921. The number of nitriles is 1. The van der Waals surface area contributed by atoms with Gasteiger partial charge in [0.2, 0.25) is 5.91 Å². The van der Waals surface area contributed by atoms with Crippen LogP contribution in [0.25, 0.3) is 11.1 Å². The van der Waals surface area contributed by atoms with Crippen LogP contribution in [0.15, 0.2) is 29.6 Å². The van der Waals surface area contributed by atoms with Gasteiger partial charge in [-0.1, -0.05) is 6.07 Å². The smallest absolute Gasteiger partial charge is 0.230 e. The second-order valence-electron chi connectivity index (χ2n) is 6.93. The third-order valence-corrected chi connectivity index (χ3v) is 6.61. The Balaban J connectivity index is 1.74. The Hall–Kier alpha value is -2.27. The lowest BCUT2D eigenvalue weighted by Gasteiger charge is -2.46. The number of nitrogens with zero attached hydrogens (tertiary/aromatic N) is 2. The predicted molar refractivity (Wildman–Crippen MR) is 97.8 cm³/mol. The molecule has 0 saturated carbocycles. The Labute approximate surface area is 155 Å². The average Bonchev–Trinajstić information content (AvgIpc) is 3.28. The van der Waals surface area contributed by atoms with Gasteiger partial charge in [0, 0.05) is 25.0 Å². The predicted octanol–water partition coefficient (Wildman–Crippen LogP) is 2.25. The van der Waals surface area contributed by atoms with Crippen LogP contribution in [0.5, 0.6) is 0 Å². The summed E-state index contributed by atoms with van der Waals surface area (Å²) in [7, 11) is 1.82. The molecule has 1 aromatic heterocycles. The van der Waals surface area contributed by atoms with Crippen LogP contribution >= 0.6 is 11.3 Å². The number of fused-ring (bicyclic) bond motifs is 1. The summed E-state index contributed by atoms with van der Waals surface area (Å²) in [5.41, 5.74) is 1.35. The number of benzene rings is 1. The van der Waals surface area contributed by atoms with E-state index in [0.29, 0.717) is 13.1 Å². The highest BCUT2D eigenvalue weighted by Gasteiger charge is 2.54. The molecule has 3 atom stereocenters. The van der Waals surface area contributed by atoms with Crippen molar-refractivity contribution in [2.75, 3.05) is 20.1 Å². The molecule has 1 aromatic carbocycles. The number of halogens is 1. The van der Waals surface area contributed by atoms with E-state index in [0.717, 1.165) is 16.0 Å². The van der Waals surface area contributed by atoms with Gasteiger partial charge in [0.05, 0.1) is 23.2 Å². The standard InChI is InChI=1S/C19H19FN4OS/c1-11-23-19(10-22-8-15(19)18(25)24(11)2)17-6-14(9-26-17)12-3-4-16(20)13(5-12)7-21/h3-6,9,11,15,22-23H,8,10H2,1-2H3/t11?,15?,19-/m0/s1. The molecule has 7 heteroatoms. The van der Waals surface area contributed by atoms with Crippen molar-refractivity contribution in [3.8, 4) is 17.2 Å². The highest BCUT2D eigenvalue weighted by atomic mass is 32.1. The molecule has 0 bridgehead atoms. The Kier molecular flexibility index (Phi) is 4.07. The number of thiophene rings is 1. The molecule has 2 fully saturated rings. The molecular formula is C19H19FN4OS. The fourth-order valence-electron chi connectivity index (χ4n) is 3.91. The lowest BCUT2D eigenvalue weighted by atomic mass is 9.81. The van der Waals surface area contributed by atoms with Crippen molar-refractivity contribution in [1.82, 2.24) is 15.5 Å². The number of rotatable bonds is 2. The highest BCUT2D eigenvalue weighted by molar-refractivity contribution is 7.10. The maximum Gasteiger partial charge on any atom is 0.230 e. The van der Waals surface area contributed by atoms with Crippen LogP contribution in [-0.2, 0) is 10.3 Å². The molecule has 2 unspecified atom stereocenters. The van der Waals surface area contributed by atoms with E-state index in [-0.39, 0.29) is 23.6 Å². The molecule has 2 saturated heterocycles. The van der Waals surface area contributed by atoms with Gasteiger partial charge in [0.25, 0.3) is 0 Å². The minimum Gasteiger partial charge on any atom is -0.330 e. The maximum absolute atomic E-state index is 13.6. The van der Waals surface area contributed by atoms with E-state index >= 15 is 0 Å². The molecule has 0 aliphatic carbocycles. The first-order valence-corrected chi connectivity index (χ1v) is 9.38. The van der Waals surface area contributed by atoms with Crippen LogP contribution in [0, 0.1) is 23.1 Å². The summed E-state index contributed by atoms with van der Waals surface area (Å²) in [6.07, 6.45) is -0.0554. The van der Waals surface area contributed by atoms with E-state index in [1.165, 1.54) is 6.07 Å². The van der Waals surface area contributed by atoms with E-state index in [1.807, 2.05) is 25.4 Å². The van der Waals surface area contributed by atoms with Crippen molar-refractivity contribution in [2.24, 2.45) is 5.92 Å². The number of hydrogen-bond donors (Lipinski definition) is 2. The van der Waals surface area contributed by atoms with Crippen LogP contribution in [0.1, 0.15) is 17.4 Å². The van der Waals surface area contributed by atoms with Crippen LogP contribution in [-0.4, -0.2) is 37.1 Å². The van der Waals surface area contributed by atoms with Gasteiger partial charge in [-0.05, 0) is 41.6 Å². The van der Waals surface area contributed by atoms with Gasteiger partial charge in [-0.3, -0.25) is 10.1 Å². The lowest BCUT2D eigenvalue weighted by molar-refractivity contribution is -0.144. The van der Waals surface area contributed by atoms with Crippen LogP contribution in [0.4, 0.5) is 4.39 Å². The first-order chi connectivity index (χ1) is 12.5. The minimum atomic E-state index is -0.512. The molecule has 2 aromatic rings. The first kappa shape index (κ1) is 17.2. The molecule has 26 heavy (non-hydrogen) atoms. The molecule has 1 amide bonds. The molecule has 134 valence electrons. The fourth-order valence-corrected chi connectivity index (χ4v) is 5.05. The van der Waals surface area contributed by atoms with Crippen molar-refractivity contribution in [3.05, 3.63) is 45.9 Å². The van der Waals surface area contributed by atoms with Crippen molar-refractivity contribution >= 4 is 17.2 Å². The van der Waals surface area contributed by atoms with E-state index in [4.69, 9.17) is 5.26 Å². The zero-order valence-corrected chi connectivity index (χ0v) is 15.4. The second kappa shape index (κ2) is 6.16. The third-order valence-electron chi connectivity index (χ3n) is 5.50. The van der Waals surface area contributed by atoms with E-state index in [9.17, 15) is 9.18 Å². The maximum atomic E-state index is 13.6. The van der Waals surface area contributed by atoms with Crippen molar-refractivity contribution in [3.63, 3.8) is 0 Å². The molecule has 2 aliphatic rings. The summed E-state index contributed by atoms with van der Waals surface area (Å²) in [6.45, 7) is 3.32. The Morgan fingerprint density at radius 2 is 2.19 bits per heavy atom. The average molecular weight is 370 g/mol. The Morgan fingerprint density at radius 1 is 1.38 bits per heavy atom. The number of amides is 1. The SMILES string of the molecule is CC1N[C@@]2(c3cc(-c4ccc(F)c(C#N)c4)cs3)CNCC2C(=O)N1C. The number of nitrogens with one attached hydrogen (secondary N) is 2. The molecule has 2 aliphatic heterocycles. The summed E-state index contributed by atoms with van der Waals surface area (Å²) in [5.74, 6) is -0.524. The van der Waals surface area contributed by atoms with Gasteiger partial charge in [-0.25, -0.2) is 4.39 Å². The largest absolute Gasteiger partial charge is 0.330 e. The third kappa shape index (κ3) is 2.45. The lowest BCUT2D eigenvalue weighted by Crippen LogP contribution is -2.65. The summed E-state index contributed by atoms with van der Waals surface area (Å²) in [6, 6.07) is 8.51. The van der Waals surface area contributed by atoms with Gasteiger partial charge in [0.15, 0.2) is 0 Å². The summed E-state index contributed by atoms with van der Waals surface area (Å²) < 4.78 is 13.6. The highest BCUT2D eigenvalue weighted by Crippen LogP contribution is 2.42. The fraction of sp³-hybridized carbons (Fsp3) is 0.368. The summed E-state index contributed by atoms with van der Waals surface area (Å²) in [4.78, 5) is 15.6. The van der Waals surface area contributed by atoms with Crippen molar-refractivity contribution in [2.45, 2.75) is 18.6 Å². The van der Waals surface area contributed by atoms with E-state index < -0.39 is 11.4 Å². The van der Waals surface area contributed by atoms with E-state index in [2.05, 4.69) is 16.7 Å². The van der Waals surface area contributed by atoms with Gasteiger partial charge < -0.3 is 10.2 Å². The Morgan fingerprint density at radius 3 is 2.96 bits per heavy atom. The molecule has 0 spiro atoms. The van der Waals surface area contributed by atoms with Gasteiger partial charge in [0.1, 0.15) is 11.9 Å². The molecule has 4 rings (SSSR count). The molecule has 0 radical (unpaired) electrons. The van der Waals surface area contributed by atoms with Crippen LogP contribution in [0.2, 0.25) is 0 Å². The van der Waals surface area contributed by atoms with Gasteiger partial charge >= 0.3 is 0 Å². The van der Waals surface area contributed by atoms with Gasteiger partial charge in [-0.2, -0.15) is 5.26 Å². The minimum absolute atomic E-state index is 0.0371. The normalized spacial score (nSPS) is 28.1. The monoisotopic (exact) mass is 370 g/mol. The van der Waals surface area contributed by atoms with Crippen molar-refractivity contribution < 1.29 is 9.18 Å².